The molecular weight excluding hydrogens is 464 g/mol. The van der Waals surface area contributed by atoms with Crippen LogP contribution in [-0.4, -0.2) is 23.7 Å². The molecule has 0 aromatic heterocycles. The number of halogens is 1. The lowest BCUT2D eigenvalue weighted by atomic mass is 10.1. The van der Waals surface area contributed by atoms with Crippen LogP contribution < -0.4 is 15.0 Å². The summed E-state index contributed by atoms with van der Waals surface area (Å²) in [6.07, 6.45) is 0. The van der Waals surface area contributed by atoms with Crippen molar-refractivity contribution >= 4 is 51.0 Å². The molecule has 31 heavy (non-hydrogen) atoms. The lowest BCUT2D eigenvalue weighted by Crippen LogP contribution is -2.29. The normalized spacial score (nSPS) is 12.5. The third kappa shape index (κ3) is 4.10. The SMILES string of the molecule is CC(=O)Oc1cccc(N2C(=O)c3ccc(NC(=O)c4ccc(Br)cc4)cc3C2=O)c1. The summed E-state index contributed by atoms with van der Waals surface area (Å²) in [5.74, 6) is -1.64. The Kier molecular flexibility index (Phi) is 5.39. The molecule has 7 nitrogen and oxygen atoms in total. The molecule has 154 valence electrons. The van der Waals surface area contributed by atoms with Crippen molar-refractivity contribution in [2.45, 2.75) is 6.92 Å². The summed E-state index contributed by atoms with van der Waals surface area (Å²) in [6.45, 7) is 1.26. The molecule has 1 aliphatic heterocycles. The van der Waals surface area contributed by atoms with Crippen molar-refractivity contribution in [3.63, 3.8) is 0 Å². The van der Waals surface area contributed by atoms with E-state index in [1.807, 2.05) is 0 Å². The number of carbonyl (C=O) groups is 4. The lowest BCUT2D eigenvalue weighted by molar-refractivity contribution is -0.131. The molecule has 0 bridgehead atoms. The van der Waals surface area contributed by atoms with Gasteiger partial charge in [0.05, 0.1) is 16.8 Å². The van der Waals surface area contributed by atoms with Crippen LogP contribution in [0.3, 0.4) is 0 Å². The van der Waals surface area contributed by atoms with Gasteiger partial charge in [-0.1, -0.05) is 22.0 Å². The Morgan fingerprint density at radius 1 is 0.903 bits per heavy atom. The number of rotatable bonds is 4. The Morgan fingerprint density at radius 2 is 1.61 bits per heavy atom. The second kappa shape index (κ2) is 8.16. The van der Waals surface area contributed by atoms with E-state index in [0.717, 1.165) is 9.37 Å². The molecule has 1 aliphatic rings. The number of esters is 1. The van der Waals surface area contributed by atoms with E-state index >= 15 is 0 Å². The first-order chi connectivity index (χ1) is 14.8. The second-order valence-corrected chi connectivity index (χ2v) is 7.67. The molecule has 0 unspecified atom stereocenters. The number of imide groups is 1. The molecule has 0 aliphatic carbocycles. The third-order valence-electron chi connectivity index (χ3n) is 4.59. The summed E-state index contributed by atoms with van der Waals surface area (Å²) in [5, 5.41) is 2.73. The highest BCUT2D eigenvalue weighted by atomic mass is 79.9. The zero-order chi connectivity index (χ0) is 22.1. The number of nitrogens with one attached hydrogen (secondary N) is 1. The van der Waals surface area contributed by atoms with Crippen LogP contribution in [0.4, 0.5) is 11.4 Å². The topological polar surface area (TPSA) is 92.8 Å². The van der Waals surface area contributed by atoms with Gasteiger partial charge < -0.3 is 10.1 Å². The molecular formula is C23H15BrN2O5. The highest BCUT2D eigenvalue weighted by Crippen LogP contribution is 2.32. The van der Waals surface area contributed by atoms with Gasteiger partial charge in [0.2, 0.25) is 0 Å². The summed E-state index contributed by atoms with van der Waals surface area (Å²) >= 11 is 3.32. The molecule has 0 spiro atoms. The molecule has 1 N–H and O–H groups in total. The quantitative estimate of drug-likeness (QED) is 0.340. The molecule has 8 heteroatoms. The van der Waals surface area contributed by atoms with Crippen LogP contribution >= 0.6 is 15.9 Å². The van der Waals surface area contributed by atoms with Crippen LogP contribution in [0.5, 0.6) is 5.75 Å². The first-order valence-electron chi connectivity index (χ1n) is 9.22. The van der Waals surface area contributed by atoms with Crippen molar-refractivity contribution in [3.8, 4) is 5.75 Å². The Morgan fingerprint density at radius 3 is 2.32 bits per heavy atom. The number of nitrogens with zero attached hydrogens (tertiary/aromatic N) is 1. The van der Waals surface area contributed by atoms with E-state index in [2.05, 4.69) is 21.2 Å². The minimum Gasteiger partial charge on any atom is -0.427 e. The molecule has 0 radical (unpaired) electrons. The summed E-state index contributed by atoms with van der Waals surface area (Å²) in [6, 6.07) is 17.5. The van der Waals surface area contributed by atoms with E-state index < -0.39 is 17.8 Å². The average molecular weight is 479 g/mol. The highest BCUT2D eigenvalue weighted by molar-refractivity contribution is 9.10. The monoisotopic (exact) mass is 478 g/mol. The van der Waals surface area contributed by atoms with Crippen LogP contribution in [0.15, 0.2) is 71.2 Å². The van der Waals surface area contributed by atoms with Crippen molar-refractivity contribution in [2.75, 3.05) is 10.2 Å². The van der Waals surface area contributed by atoms with Gasteiger partial charge in [0.25, 0.3) is 17.7 Å². The van der Waals surface area contributed by atoms with Gasteiger partial charge in [-0.2, -0.15) is 0 Å². The van der Waals surface area contributed by atoms with Crippen LogP contribution in [0.2, 0.25) is 0 Å². The number of carbonyl (C=O) groups excluding carboxylic acids is 4. The van der Waals surface area contributed by atoms with Crippen molar-refractivity contribution in [1.82, 2.24) is 0 Å². The maximum absolute atomic E-state index is 13.0. The van der Waals surface area contributed by atoms with E-state index in [1.54, 1.807) is 48.5 Å². The standard InChI is InChI=1S/C23H15BrN2O5/c1-13(27)31-18-4-2-3-17(12-18)26-22(29)19-10-9-16(11-20(19)23(26)30)25-21(28)14-5-7-15(24)8-6-14/h2-12H,1H3,(H,25,28). The first kappa shape index (κ1) is 20.5. The molecule has 3 aromatic carbocycles. The maximum atomic E-state index is 13.0. The van der Waals surface area contributed by atoms with Crippen LogP contribution in [-0.2, 0) is 4.79 Å². The fourth-order valence-electron chi connectivity index (χ4n) is 3.21. The van der Waals surface area contributed by atoms with Gasteiger partial charge in [0.15, 0.2) is 0 Å². The van der Waals surface area contributed by atoms with Gasteiger partial charge in [0, 0.05) is 28.7 Å². The molecule has 3 aromatic rings. The number of amides is 3. The van der Waals surface area contributed by atoms with Crippen molar-refractivity contribution in [1.29, 1.82) is 0 Å². The maximum Gasteiger partial charge on any atom is 0.308 e. The Bertz CT molecular complexity index is 1240. The van der Waals surface area contributed by atoms with Crippen LogP contribution in [0, 0.1) is 0 Å². The number of hydrogen-bond donors (Lipinski definition) is 1. The summed E-state index contributed by atoms with van der Waals surface area (Å²) in [5.41, 5.74) is 1.53. The molecule has 4 rings (SSSR count). The van der Waals surface area contributed by atoms with Crippen molar-refractivity contribution in [2.24, 2.45) is 0 Å². The number of benzene rings is 3. The van der Waals surface area contributed by atoms with E-state index in [1.165, 1.54) is 25.1 Å². The van der Waals surface area contributed by atoms with Gasteiger partial charge in [-0.15, -0.1) is 0 Å². The van der Waals surface area contributed by atoms with Gasteiger partial charge in [-0.3, -0.25) is 19.2 Å². The van der Waals surface area contributed by atoms with E-state index in [9.17, 15) is 19.2 Å². The van der Waals surface area contributed by atoms with Crippen molar-refractivity contribution < 1.29 is 23.9 Å². The van der Waals surface area contributed by atoms with E-state index in [-0.39, 0.29) is 28.5 Å². The van der Waals surface area contributed by atoms with E-state index in [4.69, 9.17) is 4.74 Å². The minimum absolute atomic E-state index is 0.177. The number of anilines is 2. The molecule has 0 atom stereocenters. The fourth-order valence-corrected chi connectivity index (χ4v) is 3.47. The zero-order valence-electron chi connectivity index (χ0n) is 16.2. The van der Waals surface area contributed by atoms with Gasteiger partial charge in [-0.05, 0) is 54.6 Å². The highest BCUT2D eigenvalue weighted by Gasteiger charge is 2.37. The first-order valence-corrected chi connectivity index (χ1v) is 10.0. The molecule has 0 saturated heterocycles. The largest absolute Gasteiger partial charge is 0.427 e. The molecule has 3 amide bonds. The van der Waals surface area contributed by atoms with Crippen LogP contribution in [0.25, 0.3) is 0 Å². The summed E-state index contributed by atoms with van der Waals surface area (Å²) in [4.78, 5) is 50.5. The van der Waals surface area contributed by atoms with Gasteiger partial charge >= 0.3 is 5.97 Å². The summed E-state index contributed by atoms with van der Waals surface area (Å²) < 4.78 is 5.89. The smallest absolute Gasteiger partial charge is 0.308 e. The Hall–Kier alpha value is -3.78. The summed E-state index contributed by atoms with van der Waals surface area (Å²) in [7, 11) is 0. The predicted octanol–water partition coefficient (Wildman–Crippen LogP) is 4.43. The number of ether oxygens (including phenoxy) is 1. The third-order valence-corrected chi connectivity index (χ3v) is 5.12. The average Bonchev–Trinajstić information content (AvgIpc) is 2.98. The zero-order valence-corrected chi connectivity index (χ0v) is 17.8. The molecule has 0 fully saturated rings. The second-order valence-electron chi connectivity index (χ2n) is 6.76. The number of fused-ring (bicyclic) bond motifs is 1. The lowest BCUT2D eigenvalue weighted by Gasteiger charge is -2.14. The van der Waals surface area contributed by atoms with Crippen molar-refractivity contribution in [3.05, 3.63) is 87.9 Å². The predicted molar refractivity (Wildman–Crippen MR) is 117 cm³/mol. The fraction of sp³-hybridized carbons (Fsp3) is 0.0435. The Balaban J connectivity index is 1.59. The Labute approximate surface area is 185 Å². The number of hydrogen-bond acceptors (Lipinski definition) is 5. The van der Waals surface area contributed by atoms with E-state index in [0.29, 0.717) is 11.3 Å². The minimum atomic E-state index is -0.528. The molecule has 0 saturated carbocycles. The van der Waals surface area contributed by atoms with Crippen LogP contribution in [0.1, 0.15) is 38.0 Å². The van der Waals surface area contributed by atoms with Gasteiger partial charge in [-0.25, -0.2) is 4.90 Å². The molecule has 1 heterocycles. The van der Waals surface area contributed by atoms with Gasteiger partial charge in [0.1, 0.15) is 5.75 Å².